The number of amides is 2. The van der Waals surface area contributed by atoms with Gasteiger partial charge in [0.05, 0.1) is 5.92 Å². The van der Waals surface area contributed by atoms with E-state index in [1.165, 1.54) is 0 Å². The van der Waals surface area contributed by atoms with Crippen LogP contribution in [0.15, 0.2) is 24.3 Å². The predicted molar refractivity (Wildman–Crippen MR) is 108 cm³/mol. The smallest absolute Gasteiger partial charge is 0.253 e. The molecule has 6 heteroatoms. The van der Waals surface area contributed by atoms with Gasteiger partial charge >= 0.3 is 0 Å². The zero-order chi connectivity index (χ0) is 19.4. The molecule has 1 aromatic carbocycles. The molecule has 2 aliphatic heterocycles. The summed E-state index contributed by atoms with van der Waals surface area (Å²) in [4.78, 5) is 32.0. The van der Waals surface area contributed by atoms with Crippen LogP contribution in [-0.2, 0) is 4.79 Å². The summed E-state index contributed by atoms with van der Waals surface area (Å²) in [5, 5.41) is 0.620. The quantitative estimate of drug-likeness (QED) is 0.792. The number of carbonyl (C=O) groups is 2. The molecule has 1 atom stereocenters. The lowest BCUT2D eigenvalue weighted by Gasteiger charge is -2.39. The number of halogens is 1. The largest absolute Gasteiger partial charge is 0.340 e. The van der Waals surface area contributed by atoms with Gasteiger partial charge in [0.25, 0.3) is 5.91 Å². The molecule has 148 valence electrons. The maximum absolute atomic E-state index is 13.0. The lowest BCUT2D eigenvalue weighted by Crippen LogP contribution is -2.53. The van der Waals surface area contributed by atoms with Gasteiger partial charge in [-0.05, 0) is 43.0 Å². The third kappa shape index (κ3) is 5.23. The van der Waals surface area contributed by atoms with Crippen molar-refractivity contribution < 1.29 is 9.59 Å². The Morgan fingerprint density at radius 1 is 1.04 bits per heavy atom. The molecule has 2 amide bonds. The Labute approximate surface area is 167 Å². The highest BCUT2D eigenvalue weighted by Crippen LogP contribution is 2.22. The molecular formula is C21H30ClN3O2. The molecular weight excluding hydrogens is 362 g/mol. The van der Waals surface area contributed by atoms with Crippen LogP contribution in [0, 0.1) is 11.8 Å². The van der Waals surface area contributed by atoms with Crippen LogP contribution < -0.4 is 0 Å². The van der Waals surface area contributed by atoms with Gasteiger partial charge in [0.1, 0.15) is 0 Å². The van der Waals surface area contributed by atoms with Crippen molar-refractivity contribution in [2.45, 2.75) is 26.7 Å². The van der Waals surface area contributed by atoms with E-state index in [9.17, 15) is 9.59 Å². The molecule has 27 heavy (non-hydrogen) atoms. The standard InChI is InChI=1S/C21H30ClN3O2/c1-16(2)14-23-10-12-24(13-11-23)21(27)18-4-3-9-25(15-18)20(26)17-5-7-19(22)8-6-17/h5-8,16,18H,3-4,9-15H2,1-2H3. The Morgan fingerprint density at radius 3 is 2.33 bits per heavy atom. The normalized spacial score (nSPS) is 21.6. The number of piperazine rings is 1. The van der Waals surface area contributed by atoms with E-state index in [0.29, 0.717) is 29.6 Å². The average molecular weight is 392 g/mol. The molecule has 2 aliphatic rings. The summed E-state index contributed by atoms with van der Waals surface area (Å²) in [5.41, 5.74) is 0.634. The summed E-state index contributed by atoms with van der Waals surface area (Å²) in [5.74, 6) is 0.781. The van der Waals surface area contributed by atoms with Crippen molar-refractivity contribution in [2.75, 3.05) is 45.8 Å². The minimum atomic E-state index is -0.0772. The third-order valence-corrected chi connectivity index (χ3v) is 5.71. The highest BCUT2D eigenvalue weighted by Gasteiger charge is 2.32. The van der Waals surface area contributed by atoms with E-state index in [4.69, 9.17) is 11.6 Å². The summed E-state index contributed by atoms with van der Waals surface area (Å²) < 4.78 is 0. The summed E-state index contributed by atoms with van der Waals surface area (Å²) in [6, 6.07) is 6.98. The number of nitrogens with zero attached hydrogens (tertiary/aromatic N) is 3. The molecule has 0 aliphatic carbocycles. The van der Waals surface area contributed by atoms with E-state index in [2.05, 4.69) is 18.7 Å². The second-order valence-corrected chi connectivity index (χ2v) is 8.55. The maximum atomic E-state index is 13.0. The van der Waals surface area contributed by atoms with Gasteiger partial charge in [0, 0.05) is 56.4 Å². The van der Waals surface area contributed by atoms with E-state index in [1.54, 1.807) is 24.3 Å². The number of likely N-dealkylation sites (tertiary alicyclic amines) is 1. The molecule has 2 saturated heterocycles. The number of piperidine rings is 1. The number of rotatable bonds is 4. The van der Waals surface area contributed by atoms with E-state index in [1.807, 2.05) is 9.80 Å². The highest BCUT2D eigenvalue weighted by molar-refractivity contribution is 6.30. The van der Waals surface area contributed by atoms with Crippen LogP contribution in [-0.4, -0.2) is 72.3 Å². The molecule has 0 N–H and O–H groups in total. The van der Waals surface area contributed by atoms with Crippen LogP contribution in [0.3, 0.4) is 0 Å². The maximum Gasteiger partial charge on any atom is 0.253 e. The van der Waals surface area contributed by atoms with Crippen LogP contribution in [0.25, 0.3) is 0 Å². The van der Waals surface area contributed by atoms with Gasteiger partial charge in [-0.1, -0.05) is 25.4 Å². The first-order valence-corrected chi connectivity index (χ1v) is 10.4. The van der Waals surface area contributed by atoms with E-state index in [-0.39, 0.29) is 17.7 Å². The Bertz CT molecular complexity index is 654. The van der Waals surface area contributed by atoms with Gasteiger partial charge in [-0.2, -0.15) is 0 Å². The van der Waals surface area contributed by atoms with Crippen molar-refractivity contribution >= 4 is 23.4 Å². The third-order valence-electron chi connectivity index (χ3n) is 5.46. The molecule has 2 heterocycles. The highest BCUT2D eigenvalue weighted by atomic mass is 35.5. The number of benzene rings is 1. The Morgan fingerprint density at radius 2 is 1.70 bits per heavy atom. The van der Waals surface area contributed by atoms with Crippen LogP contribution in [0.2, 0.25) is 5.02 Å². The molecule has 3 rings (SSSR count). The van der Waals surface area contributed by atoms with E-state index < -0.39 is 0 Å². The second-order valence-electron chi connectivity index (χ2n) is 8.12. The van der Waals surface area contributed by atoms with Gasteiger partial charge in [0.15, 0.2) is 0 Å². The van der Waals surface area contributed by atoms with E-state index >= 15 is 0 Å². The number of carbonyl (C=O) groups excluding carboxylic acids is 2. The van der Waals surface area contributed by atoms with Crippen molar-refractivity contribution in [3.05, 3.63) is 34.9 Å². The van der Waals surface area contributed by atoms with Gasteiger partial charge in [-0.15, -0.1) is 0 Å². The van der Waals surface area contributed by atoms with Crippen molar-refractivity contribution in [3.63, 3.8) is 0 Å². The lowest BCUT2D eigenvalue weighted by atomic mass is 9.95. The Kier molecular flexibility index (Phi) is 6.77. The molecule has 2 fully saturated rings. The van der Waals surface area contributed by atoms with Crippen molar-refractivity contribution in [1.29, 1.82) is 0 Å². The predicted octanol–water partition coefficient (Wildman–Crippen LogP) is 2.99. The summed E-state index contributed by atoms with van der Waals surface area (Å²) >= 11 is 5.91. The first-order valence-electron chi connectivity index (χ1n) is 10.00. The van der Waals surface area contributed by atoms with Crippen LogP contribution in [0.4, 0.5) is 0 Å². The summed E-state index contributed by atoms with van der Waals surface area (Å²) in [6.07, 6.45) is 1.75. The van der Waals surface area contributed by atoms with Crippen molar-refractivity contribution in [1.82, 2.24) is 14.7 Å². The monoisotopic (exact) mass is 391 g/mol. The average Bonchev–Trinajstić information content (AvgIpc) is 2.68. The number of hydrogen-bond donors (Lipinski definition) is 0. The topological polar surface area (TPSA) is 43.9 Å². The van der Waals surface area contributed by atoms with Crippen molar-refractivity contribution in [3.8, 4) is 0 Å². The summed E-state index contributed by atoms with van der Waals surface area (Å²) in [7, 11) is 0. The van der Waals surface area contributed by atoms with E-state index in [0.717, 1.165) is 45.6 Å². The molecule has 0 spiro atoms. The Hall–Kier alpha value is -1.59. The minimum absolute atomic E-state index is 0.00841. The Balaban J connectivity index is 1.55. The fourth-order valence-corrected chi connectivity index (χ4v) is 4.19. The fraction of sp³-hybridized carbons (Fsp3) is 0.619. The van der Waals surface area contributed by atoms with Gasteiger partial charge < -0.3 is 9.80 Å². The molecule has 0 radical (unpaired) electrons. The van der Waals surface area contributed by atoms with Crippen molar-refractivity contribution in [2.24, 2.45) is 11.8 Å². The second kappa shape index (κ2) is 9.07. The number of hydrogen-bond acceptors (Lipinski definition) is 3. The molecule has 0 saturated carbocycles. The van der Waals surface area contributed by atoms with Crippen LogP contribution in [0.1, 0.15) is 37.0 Å². The molecule has 1 unspecified atom stereocenters. The first-order chi connectivity index (χ1) is 12.9. The van der Waals surface area contributed by atoms with Gasteiger partial charge in [-0.25, -0.2) is 0 Å². The summed E-state index contributed by atoms with van der Waals surface area (Å²) in [6.45, 7) is 10.3. The molecule has 0 bridgehead atoms. The van der Waals surface area contributed by atoms with Crippen LogP contribution in [0.5, 0.6) is 0 Å². The zero-order valence-corrected chi connectivity index (χ0v) is 17.1. The van der Waals surface area contributed by atoms with Crippen LogP contribution >= 0.6 is 11.6 Å². The SMILES string of the molecule is CC(C)CN1CCN(C(=O)C2CCCN(C(=O)c3ccc(Cl)cc3)C2)CC1. The molecule has 0 aromatic heterocycles. The van der Waals surface area contributed by atoms with Gasteiger partial charge in [0.2, 0.25) is 5.91 Å². The first kappa shape index (κ1) is 20.2. The van der Waals surface area contributed by atoms with Gasteiger partial charge in [-0.3, -0.25) is 14.5 Å². The molecule has 1 aromatic rings. The lowest BCUT2D eigenvalue weighted by molar-refractivity contribution is -0.138. The molecule has 5 nitrogen and oxygen atoms in total. The fourth-order valence-electron chi connectivity index (χ4n) is 4.06. The minimum Gasteiger partial charge on any atom is -0.340 e. The zero-order valence-electron chi connectivity index (χ0n) is 16.4.